The zero-order valence-corrected chi connectivity index (χ0v) is 11.1. The molecule has 0 aliphatic rings. The van der Waals surface area contributed by atoms with E-state index in [4.69, 9.17) is 15.3 Å². The van der Waals surface area contributed by atoms with Gasteiger partial charge in [-0.2, -0.15) is 0 Å². The molecule has 18 heavy (non-hydrogen) atoms. The molecule has 0 spiro atoms. The van der Waals surface area contributed by atoms with E-state index in [0.717, 1.165) is 16.9 Å². The van der Waals surface area contributed by atoms with E-state index in [1.165, 1.54) is 4.90 Å². The van der Waals surface area contributed by atoms with Crippen LogP contribution in [0.15, 0.2) is 12.1 Å². The summed E-state index contributed by atoms with van der Waals surface area (Å²) in [6.07, 6.45) is 0. The van der Waals surface area contributed by atoms with Crippen LogP contribution in [0.2, 0.25) is 0 Å². The highest BCUT2D eigenvalue weighted by molar-refractivity contribution is 5.73. The largest absolute Gasteiger partial charge is 0.496 e. The lowest BCUT2D eigenvalue weighted by molar-refractivity contribution is 0.206. The molecule has 0 fully saturated rings. The highest BCUT2D eigenvalue weighted by Gasteiger charge is 2.14. The number of carbonyl (C=O) groups excluding carboxylic acids is 1. The van der Waals surface area contributed by atoms with Crippen molar-refractivity contribution in [3.8, 4) is 11.5 Å². The molecule has 0 saturated heterocycles. The zero-order valence-electron chi connectivity index (χ0n) is 11.1. The number of nitrogens with two attached hydrogens (primary N) is 1. The van der Waals surface area contributed by atoms with E-state index in [0.29, 0.717) is 12.3 Å². The standard InChI is InChI=1S/C12H19N3O3/c1-8-10(17-3)6-5-9(11(8)18-4)7-15(2)12(16)14-13/h5-6H,7,13H2,1-4H3,(H,14,16). The third kappa shape index (κ3) is 2.84. The van der Waals surface area contributed by atoms with Gasteiger partial charge in [-0.25, -0.2) is 10.6 Å². The van der Waals surface area contributed by atoms with Crippen LogP contribution in [0.4, 0.5) is 4.79 Å². The number of ether oxygens (including phenoxy) is 2. The van der Waals surface area contributed by atoms with Gasteiger partial charge in [0.15, 0.2) is 0 Å². The molecule has 0 bridgehead atoms. The number of rotatable bonds is 4. The van der Waals surface area contributed by atoms with Crippen molar-refractivity contribution in [2.75, 3.05) is 21.3 Å². The molecule has 1 aromatic rings. The molecule has 100 valence electrons. The predicted octanol–water partition coefficient (Wildman–Crippen LogP) is 1.03. The normalized spacial score (nSPS) is 9.83. The average molecular weight is 253 g/mol. The Bertz CT molecular complexity index is 435. The van der Waals surface area contributed by atoms with Crippen molar-refractivity contribution in [2.24, 2.45) is 5.84 Å². The summed E-state index contributed by atoms with van der Waals surface area (Å²) in [5.41, 5.74) is 3.87. The lowest BCUT2D eigenvalue weighted by Crippen LogP contribution is -2.40. The lowest BCUT2D eigenvalue weighted by Gasteiger charge is -2.20. The Balaban J connectivity index is 3.03. The second-order valence-corrected chi connectivity index (χ2v) is 3.89. The summed E-state index contributed by atoms with van der Waals surface area (Å²) >= 11 is 0. The van der Waals surface area contributed by atoms with E-state index in [1.54, 1.807) is 21.3 Å². The Morgan fingerprint density at radius 2 is 2.06 bits per heavy atom. The molecule has 0 aliphatic heterocycles. The van der Waals surface area contributed by atoms with Crippen LogP contribution >= 0.6 is 0 Å². The minimum absolute atomic E-state index is 0.356. The first-order valence-electron chi connectivity index (χ1n) is 5.47. The molecular formula is C12H19N3O3. The average Bonchev–Trinajstić information content (AvgIpc) is 2.38. The van der Waals surface area contributed by atoms with Gasteiger partial charge in [0.1, 0.15) is 11.5 Å². The monoisotopic (exact) mass is 253 g/mol. The van der Waals surface area contributed by atoms with Crippen molar-refractivity contribution in [2.45, 2.75) is 13.5 Å². The molecule has 1 aromatic carbocycles. The number of nitrogens with one attached hydrogen (secondary N) is 1. The third-order valence-corrected chi connectivity index (χ3v) is 2.74. The number of carbonyl (C=O) groups is 1. The zero-order chi connectivity index (χ0) is 13.7. The second kappa shape index (κ2) is 6.11. The van der Waals surface area contributed by atoms with Gasteiger partial charge in [0.05, 0.1) is 20.8 Å². The molecule has 0 aliphatic carbocycles. The van der Waals surface area contributed by atoms with E-state index in [2.05, 4.69) is 5.43 Å². The van der Waals surface area contributed by atoms with E-state index in [-0.39, 0.29) is 6.03 Å². The quantitative estimate of drug-likeness (QED) is 0.477. The van der Waals surface area contributed by atoms with Gasteiger partial charge in [-0.05, 0) is 19.1 Å². The summed E-state index contributed by atoms with van der Waals surface area (Å²) in [6.45, 7) is 2.31. The number of hydrogen-bond acceptors (Lipinski definition) is 4. The van der Waals surface area contributed by atoms with Crippen molar-refractivity contribution in [1.82, 2.24) is 10.3 Å². The first kappa shape index (κ1) is 14.1. The van der Waals surface area contributed by atoms with E-state index in [1.807, 2.05) is 19.1 Å². The Kier molecular flexibility index (Phi) is 4.79. The number of hydrazine groups is 1. The Hall–Kier alpha value is -1.95. The molecule has 1 rings (SSSR count). The minimum atomic E-state index is -0.356. The molecule has 0 aromatic heterocycles. The smallest absolute Gasteiger partial charge is 0.331 e. The SMILES string of the molecule is COc1ccc(CN(C)C(=O)NN)c(OC)c1C. The van der Waals surface area contributed by atoms with Crippen molar-refractivity contribution in [1.29, 1.82) is 0 Å². The summed E-state index contributed by atoms with van der Waals surface area (Å²) < 4.78 is 10.6. The van der Waals surface area contributed by atoms with Crippen LogP contribution in [0, 0.1) is 6.92 Å². The van der Waals surface area contributed by atoms with E-state index in [9.17, 15) is 4.79 Å². The number of hydrogen-bond donors (Lipinski definition) is 2. The van der Waals surface area contributed by atoms with Crippen molar-refractivity contribution in [3.05, 3.63) is 23.3 Å². The van der Waals surface area contributed by atoms with Crippen molar-refractivity contribution < 1.29 is 14.3 Å². The third-order valence-electron chi connectivity index (χ3n) is 2.74. The molecule has 0 unspecified atom stereocenters. The maximum absolute atomic E-state index is 11.3. The van der Waals surface area contributed by atoms with Crippen LogP contribution in [0.3, 0.4) is 0 Å². The Morgan fingerprint density at radius 1 is 1.39 bits per heavy atom. The van der Waals surface area contributed by atoms with Gasteiger partial charge in [0, 0.05) is 18.2 Å². The van der Waals surface area contributed by atoms with Gasteiger partial charge >= 0.3 is 6.03 Å². The summed E-state index contributed by atoms with van der Waals surface area (Å²) in [5, 5.41) is 0. The van der Waals surface area contributed by atoms with Gasteiger partial charge in [-0.3, -0.25) is 5.43 Å². The van der Waals surface area contributed by atoms with Gasteiger partial charge in [-0.1, -0.05) is 0 Å². The van der Waals surface area contributed by atoms with Crippen LogP contribution in [0.1, 0.15) is 11.1 Å². The number of benzene rings is 1. The van der Waals surface area contributed by atoms with E-state index < -0.39 is 0 Å². The molecule has 0 atom stereocenters. The summed E-state index contributed by atoms with van der Waals surface area (Å²) in [4.78, 5) is 12.8. The van der Waals surface area contributed by atoms with Gasteiger partial charge in [-0.15, -0.1) is 0 Å². The lowest BCUT2D eigenvalue weighted by atomic mass is 10.1. The molecule has 6 heteroatoms. The van der Waals surface area contributed by atoms with Crippen molar-refractivity contribution in [3.63, 3.8) is 0 Å². The van der Waals surface area contributed by atoms with Gasteiger partial charge in [0.25, 0.3) is 0 Å². The topological polar surface area (TPSA) is 76.8 Å². The first-order chi connectivity index (χ1) is 8.54. The molecular weight excluding hydrogens is 234 g/mol. The number of nitrogens with zero attached hydrogens (tertiary/aromatic N) is 1. The predicted molar refractivity (Wildman–Crippen MR) is 68.5 cm³/mol. The van der Waals surface area contributed by atoms with Crippen LogP contribution < -0.4 is 20.7 Å². The Morgan fingerprint density at radius 3 is 2.56 bits per heavy atom. The second-order valence-electron chi connectivity index (χ2n) is 3.89. The molecule has 6 nitrogen and oxygen atoms in total. The summed E-state index contributed by atoms with van der Waals surface area (Å²) in [7, 11) is 4.85. The van der Waals surface area contributed by atoms with Crippen molar-refractivity contribution >= 4 is 6.03 Å². The minimum Gasteiger partial charge on any atom is -0.496 e. The molecule has 0 heterocycles. The van der Waals surface area contributed by atoms with Crippen LogP contribution in [-0.2, 0) is 6.54 Å². The fourth-order valence-electron chi connectivity index (χ4n) is 1.80. The fraction of sp³-hybridized carbons (Fsp3) is 0.417. The van der Waals surface area contributed by atoms with Crippen LogP contribution in [0.5, 0.6) is 11.5 Å². The summed E-state index contributed by atoms with van der Waals surface area (Å²) in [6, 6.07) is 3.36. The fourth-order valence-corrected chi connectivity index (χ4v) is 1.80. The maximum atomic E-state index is 11.3. The van der Waals surface area contributed by atoms with Gasteiger partial charge in [0.2, 0.25) is 0 Å². The van der Waals surface area contributed by atoms with Gasteiger partial charge < -0.3 is 14.4 Å². The number of methoxy groups -OCH3 is 2. The summed E-state index contributed by atoms with van der Waals surface area (Å²) in [5.74, 6) is 6.55. The Labute approximate surface area is 107 Å². The molecule has 2 amide bonds. The van der Waals surface area contributed by atoms with Crippen LogP contribution in [-0.4, -0.2) is 32.2 Å². The molecule has 0 saturated carbocycles. The van der Waals surface area contributed by atoms with E-state index >= 15 is 0 Å². The molecule has 0 radical (unpaired) electrons. The highest BCUT2D eigenvalue weighted by Crippen LogP contribution is 2.31. The first-order valence-corrected chi connectivity index (χ1v) is 5.47. The molecule has 3 N–H and O–H groups in total. The number of urea groups is 1. The highest BCUT2D eigenvalue weighted by atomic mass is 16.5. The maximum Gasteiger partial charge on any atom is 0.331 e. The number of amides is 2. The van der Waals surface area contributed by atoms with Crippen LogP contribution in [0.25, 0.3) is 0 Å².